The van der Waals surface area contributed by atoms with E-state index in [9.17, 15) is 22.7 Å². The van der Waals surface area contributed by atoms with Gasteiger partial charge in [-0.3, -0.25) is 4.98 Å². The predicted molar refractivity (Wildman–Crippen MR) is 112 cm³/mol. The van der Waals surface area contributed by atoms with E-state index in [0.717, 1.165) is 6.07 Å². The number of aromatic nitrogens is 1. The molecule has 8 heteroatoms. The van der Waals surface area contributed by atoms with Crippen molar-refractivity contribution in [2.75, 3.05) is 19.0 Å². The number of methoxy groups -OCH3 is 1. The maximum Gasteiger partial charge on any atom is 0.418 e. The molecule has 1 aromatic heterocycles. The van der Waals surface area contributed by atoms with E-state index in [4.69, 9.17) is 4.74 Å². The van der Waals surface area contributed by atoms with Crippen molar-refractivity contribution >= 4 is 16.6 Å². The van der Waals surface area contributed by atoms with E-state index in [1.54, 1.807) is 30.3 Å². The number of fused-ring (bicyclic) bond motifs is 1. The van der Waals surface area contributed by atoms with Crippen molar-refractivity contribution in [2.45, 2.75) is 37.5 Å². The lowest BCUT2D eigenvalue weighted by atomic mass is 9.74. The Kier molecular flexibility index (Phi) is 6.14. The molecule has 2 aromatic carbocycles. The van der Waals surface area contributed by atoms with Gasteiger partial charge in [-0.2, -0.15) is 13.2 Å². The highest BCUT2D eigenvalue weighted by Gasteiger charge is 2.56. The summed E-state index contributed by atoms with van der Waals surface area (Å²) in [4.78, 5) is 4.19. The van der Waals surface area contributed by atoms with Crippen LogP contribution >= 0.6 is 0 Å². The molecule has 31 heavy (non-hydrogen) atoms. The van der Waals surface area contributed by atoms with E-state index >= 15 is 0 Å². The van der Waals surface area contributed by atoms with Crippen molar-refractivity contribution in [1.82, 2.24) is 4.98 Å². The number of hydrogen-bond acceptors (Lipinski definition) is 4. The van der Waals surface area contributed by atoms with Crippen molar-refractivity contribution in [1.29, 1.82) is 0 Å². The third-order valence-electron chi connectivity index (χ3n) is 5.37. The number of alkyl halides is 3. The van der Waals surface area contributed by atoms with Gasteiger partial charge in [0.1, 0.15) is 11.6 Å². The molecular formula is C23H24F4N2O2. The Morgan fingerprint density at radius 2 is 1.77 bits per heavy atom. The first-order valence-corrected chi connectivity index (χ1v) is 9.68. The second kappa shape index (κ2) is 8.34. The summed E-state index contributed by atoms with van der Waals surface area (Å²) >= 11 is 0. The fourth-order valence-corrected chi connectivity index (χ4v) is 3.79. The second-order valence-corrected chi connectivity index (χ2v) is 8.16. The van der Waals surface area contributed by atoms with Crippen molar-refractivity contribution in [2.24, 2.45) is 0 Å². The Morgan fingerprint density at radius 3 is 2.45 bits per heavy atom. The zero-order chi connectivity index (χ0) is 22.9. The van der Waals surface area contributed by atoms with Gasteiger partial charge in [0.2, 0.25) is 0 Å². The maximum atomic E-state index is 14.0. The lowest BCUT2D eigenvalue weighted by molar-refractivity contribution is -0.260. The fraction of sp³-hybridized carbons (Fsp3) is 0.348. The van der Waals surface area contributed by atoms with Crippen LogP contribution in [0.1, 0.15) is 25.8 Å². The molecule has 0 amide bonds. The van der Waals surface area contributed by atoms with E-state index in [2.05, 4.69) is 10.3 Å². The van der Waals surface area contributed by atoms with Crippen molar-refractivity contribution in [3.8, 4) is 5.75 Å². The molecule has 0 bridgehead atoms. The molecule has 4 nitrogen and oxygen atoms in total. The fourth-order valence-electron chi connectivity index (χ4n) is 3.79. The molecule has 0 radical (unpaired) electrons. The summed E-state index contributed by atoms with van der Waals surface area (Å²) in [5.74, 6) is -0.343. The molecule has 1 atom stereocenters. The number of halogens is 4. The van der Waals surface area contributed by atoms with Gasteiger partial charge in [0.25, 0.3) is 0 Å². The van der Waals surface area contributed by atoms with Crippen LogP contribution in [0.25, 0.3) is 10.9 Å². The van der Waals surface area contributed by atoms with Gasteiger partial charge in [0, 0.05) is 22.8 Å². The molecule has 1 heterocycles. The number of benzene rings is 2. The van der Waals surface area contributed by atoms with Crippen LogP contribution in [-0.4, -0.2) is 35.5 Å². The summed E-state index contributed by atoms with van der Waals surface area (Å²) in [6.07, 6.45) is -4.15. The molecule has 3 aromatic rings. The Morgan fingerprint density at radius 1 is 1.06 bits per heavy atom. The SMILES string of the molecule is COc1ccc(F)cc1C(C)(C)CC(O)(CNc1ccnc2ccccc12)C(F)(F)F. The van der Waals surface area contributed by atoms with Gasteiger partial charge in [-0.15, -0.1) is 0 Å². The van der Waals surface area contributed by atoms with E-state index < -0.39 is 36.0 Å². The largest absolute Gasteiger partial charge is 0.496 e. The maximum absolute atomic E-state index is 14.0. The quantitative estimate of drug-likeness (QED) is 0.483. The van der Waals surface area contributed by atoms with Crippen LogP contribution in [0, 0.1) is 5.82 Å². The standard InChI is InChI=1S/C23H24F4N2O2/c1-21(2,17-12-15(24)8-9-20(17)31-3)13-22(30,23(25,26)27)14-29-19-10-11-28-18-7-5-4-6-16(18)19/h4-12,30H,13-14H2,1-3H3,(H,28,29). The van der Waals surface area contributed by atoms with Crippen LogP contribution in [0.3, 0.4) is 0 Å². The summed E-state index contributed by atoms with van der Waals surface area (Å²) in [6, 6.07) is 12.2. The smallest absolute Gasteiger partial charge is 0.418 e. The first-order chi connectivity index (χ1) is 14.5. The number of ether oxygens (including phenoxy) is 1. The van der Waals surface area contributed by atoms with Crippen LogP contribution in [0.4, 0.5) is 23.2 Å². The summed E-state index contributed by atoms with van der Waals surface area (Å²) in [6.45, 7) is 2.25. The Balaban J connectivity index is 1.93. The third kappa shape index (κ3) is 4.74. The highest BCUT2D eigenvalue weighted by molar-refractivity contribution is 5.90. The molecule has 3 rings (SSSR count). The molecule has 0 saturated carbocycles. The number of pyridine rings is 1. The van der Waals surface area contributed by atoms with Crippen LogP contribution in [-0.2, 0) is 5.41 Å². The first-order valence-electron chi connectivity index (χ1n) is 9.68. The zero-order valence-corrected chi connectivity index (χ0v) is 17.4. The molecule has 0 aliphatic carbocycles. The minimum absolute atomic E-state index is 0.243. The Labute approximate surface area is 177 Å². The molecule has 1 unspecified atom stereocenters. The molecule has 0 aliphatic heterocycles. The molecule has 166 valence electrons. The Bertz CT molecular complexity index is 1060. The van der Waals surface area contributed by atoms with Gasteiger partial charge in [-0.05, 0) is 42.2 Å². The summed E-state index contributed by atoms with van der Waals surface area (Å²) < 4.78 is 61.1. The highest BCUT2D eigenvalue weighted by Crippen LogP contribution is 2.44. The van der Waals surface area contributed by atoms with Gasteiger partial charge in [-0.1, -0.05) is 32.0 Å². The molecule has 0 fully saturated rings. The topological polar surface area (TPSA) is 54.4 Å². The average molecular weight is 436 g/mol. The van der Waals surface area contributed by atoms with E-state index in [1.165, 1.54) is 39.3 Å². The summed E-state index contributed by atoms with van der Waals surface area (Å²) in [5.41, 5.74) is -3.05. The number of rotatable bonds is 7. The minimum atomic E-state index is -4.93. The van der Waals surface area contributed by atoms with E-state index in [-0.39, 0.29) is 11.3 Å². The van der Waals surface area contributed by atoms with Crippen molar-refractivity contribution < 1.29 is 27.4 Å². The molecule has 0 saturated heterocycles. The van der Waals surface area contributed by atoms with E-state index in [0.29, 0.717) is 16.6 Å². The summed E-state index contributed by atoms with van der Waals surface area (Å²) in [7, 11) is 1.36. The van der Waals surface area contributed by atoms with Crippen LogP contribution in [0.5, 0.6) is 5.75 Å². The summed E-state index contributed by atoms with van der Waals surface area (Å²) in [5, 5.41) is 14.1. The molecular weight excluding hydrogens is 412 g/mol. The predicted octanol–water partition coefficient (Wildman–Crippen LogP) is 5.46. The van der Waals surface area contributed by atoms with E-state index in [1.807, 2.05) is 0 Å². The number of nitrogens with zero attached hydrogens (tertiary/aromatic N) is 1. The minimum Gasteiger partial charge on any atom is -0.496 e. The molecule has 0 aliphatic rings. The number of aliphatic hydroxyl groups is 1. The van der Waals surface area contributed by atoms with Crippen LogP contribution < -0.4 is 10.1 Å². The number of nitrogens with one attached hydrogen (secondary N) is 1. The van der Waals surface area contributed by atoms with Gasteiger partial charge < -0.3 is 15.2 Å². The van der Waals surface area contributed by atoms with Crippen molar-refractivity contribution in [3.63, 3.8) is 0 Å². The van der Waals surface area contributed by atoms with Gasteiger partial charge in [0.15, 0.2) is 5.60 Å². The van der Waals surface area contributed by atoms with Gasteiger partial charge >= 0.3 is 6.18 Å². The van der Waals surface area contributed by atoms with Gasteiger partial charge in [-0.25, -0.2) is 4.39 Å². The number of hydrogen-bond donors (Lipinski definition) is 2. The normalized spacial score (nSPS) is 14.3. The first kappa shape index (κ1) is 22.8. The van der Waals surface area contributed by atoms with Crippen LogP contribution in [0.15, 0.2) is 54.7 Å². The zero-order valence-electron chi connectivity index (χ0n) is 17.4. The average Bonchev–Trinajstić information content (AvgIpc) is 2.71. The van der Waals surface area contributed by atoms with Gasteiger partial charge in [0.05, 0.1) is 19.2 Å². The third-order valence-corrected chi connectivity index (χ3v) is 5.37. The second-order valence-electron chi connectivity index (χ2n) is 8.16. The lowest BCUT2D eigenvalue weighted by Gasteiger charge is -2.38. The molecule has 2 N–H and O–H groups in total. The highest BCUT2D eigenvalue weighted by atomic mass is 19.4. The number of anilines is 1. The monoisotopic (exact) mass is 436 g/mol. The number of para-hydroxylation sites is 1. The Hall–Kier alpha value is -2.87. The van der Waals surface area contributed by atoms with Crippen molar-refractivity contribution in [3.05, 3.63) is 66.1 Å². The van der Waals surface area contributed by atoms with Crippen LogP contribution in [0.2, 0.25) is 0 Å². The lowest BCUT2D eigenvalue weighted by Crippen LogP contribution is -2.53. The molecule has 0 spiro atoms.